The number of piperidine rings is 1. The number of halogens is 2. The zero-order chi connectivity index (χ0) is 20.1. The van der Waals surface area contributed by atoms with Gasteiger partial charge in [-0.05, 0) is 44.9 Å². The average Bonchev–Trinajstić information content (AvgIpc) is 3.22. The van der Waals surface area contributed by atoms with E-state index in [-0.39, 0.29) is 28.7 Å². The summed E-state index contributed by atoms with van der Waals surface area (Å²) in [4.78, 5) is 7.51. The Labute approximate surface area is 161 Å². The summed E-state index contributed by atoms with van der Waals surface area (Å²) in [7, 11) is -3.92. The van der Waals surface area contributed by atoms with Crippen molar-refractivity contribution in [1.82, 2.24) is 24.1 Å². The van der Waals surface area contributed by atoms with E-state index in [0.717, 1.165) is 23.1 Å². The summed E-state index contributed by atoms with van der Waals surface area (Å²) in [5.74, 6) is -0.0107. The Morgan fingerprint density at radius 3 is 2.79 bits per heavy atom. The lowest BCUT2D eigenvalue weighted by Crippen LogP contribution is -2.39. The normalized spacial score (nSPS) is 19.0. The van der Waals surface area contributed by atoms with Gasteiger partial charge in [0, 0.05) is 30.9 Å². The van der Waals surface area contributed by atoms with Crippen molar-refractivity contribution in [3.05, 3.63) is 41.5 Å². The molecule has 7 nitrogen and oxygen atoms in total. The Kier molecular flexibility index (Phi) is 4.70. The van der Waals surface area contributed by atoms with Gasteiger partial charge in [0.15, 0.2) is 0 Å². The highest BCUT2D eigenvalue weighted by Gasteiger charge is 2.36. The lowest BCUT2D eigenvalue weighted by Gasteiger charge is -2.31. The number of aryl methyl sites for hydroxylation is 1. The second kappa shape index (κ2) is 6.93. The first kappa shape index (κ1) is 19.0. The monoisotopic (exact) mass is 409 g/mol. The third-order valence-corrected chi connectivity index (χ3v) is 7.39. The number of nitrogens with one attached hydrogen (secondary N) is 1. The first-order valence-electron chi connectivity index (χ1n) is 9.06. The van der Waals surface area contributed by atoms with Gasteiger partial charge in [-0.15, -0.1) is 0 Å². The Hall–Kier alpha value is -2.33. The number of fused-ring (bicyclic) bond motifs is 1. The molecule has 1 saturated heterocycles. The van der Waals surface area contributed by atoms with Crippen LogP contribution in [0.3, 0.4) is 0 Å². The van der Waals surface area contributed by atoms with Gasteiger partial charge in [0.05, 0.1) is 22.4 Å². The predicted molar refractivity (Wildman–Crippen MR) is 99.8 cm³/mol. The number of hydrogen-bond donors (Lipinski definition) is 1. The maximum absolute atomic E-state index is 13.2. The van der Waals surface area contributed by atoms with Crippen LogP contribution in [0.25, 0.3) is 11.0 Å². The molecule has 3 aromatic rings. The predicted octanol–water partition coefficient (Wildman–Crippen LogP) is 3.34. The zero-order valence-electron chi connectivity index (χ0n) is 15.6. The van der Waals surface area contributed by atoms with Crippen LogP contribution in [0.4, 0.5) is 8.78 Å². The van der Waals surface area contributed by atoms with Crippen LogP contribution in [0, 0.1) is 13.8 Å². The summed E-state index contributed by atoms with van der Waals surface area (Å²) >= 11 is 0. The van der Waals surface area contributed by atoms with Gasteiger partial charge in [0.2, 0.25) is 10.0 Å². The number of aromatic nitrogens is 4. The third-order valence-electron chi connectivity index (χ3n) is 5.28. The first-order chi connectivity index (χ1) is 13.3. The topological polar surface area (TPSA) is 83.9 Å². The van der Waals surface area contributed by atoms with Crippen molar-refractivity contribution in [1.29, 1.82) is 0 Å². The van der Waals surface area contributed by atoms with E-state index in [1.165, 1.54) is 18.2 Å². The number of H-pyrrole nitrogens is 1. The smallest absolute Gasteiger partial charge is 0.333 e. The molecule has 0 aromatic carbocycles. The van der Waals surface area contributed by atoms with Gasteiger partial charge in [0.25, 0.3) is 0 Å². The first-order valence-corrected chi connectivity index (χ1v) is 10.5. The van der Waals surface area contributed by atoms with Gasteiger partial charge in [-0.2, -0.15) is 18.2 Å². The lowest BCUT2D eigenvalue weighted by molar-refractivity contribution is 0.0538. The lowest BCUT2D eigenvalue weighted by atomic mass is 9.96. The summed E-state index contributed by atoms with van der Waals surface area (Å²) < 4.78 is 54.5. The molecule has 0 saturated carbocycles. The van der Waals surface area contributed by atoms with Gasteiger partial charge in [0.1, 0.15) is 4.90 Å². The molecule has 0 aliphatic carbocycles. The van der Waals surface area contributed by atoms with Crippen molar-refractivity contribution in [2.75, 3.05) is 13.1 Å². The number of hydrogen-bond acceptors (Lipinski definition) is 4. The highest BCUT2D eigenvalue weighted by molar-refractivity contribution is 7.89. The molecule has 1 atom stereocenters. The molecular weight excluding hydrogens is 388 g/mol. The van der Waals surface area contributed by atoms with Crippen molar-refractivity contribution in [3.63, 3.8) is 0 Å². The third kappa shape index (κ3) is 3.10. The summed E-state index contributed by atoms with van der Waals surface area (Å²) in [6.45, 7) is 0.577. The van der Waals surface area contributed by atoms with E-state index in [0.29, 0.717) is 17.6 Å². The molecule has 1 aliphatic rings. The van der Waals surface area contributed by atoms with Crippen LogP contribution in [0.5, 0.6) is 0 Å². The average molecular weight is 409 g/mol. The molecule has 1 fully saturated rings. The van der Waals surface area contributed by atoms with E-state index in [4.69, 9.17) is 0 Å². The standard InChI is InChI=1S/C18H21F2N5O2S/c1-11-17(12(2)25(23-11)18(19)20)28(26,27)24-8-4-5-13(10-24)15-9-16-14(22-15)6-3-7-21-16/h3,6-7,9,13,18,22H,4-5,8,10H2,1-2H3/t13-/m0/s1. The molecule has 10 heteroatoms. The molecule has 0 amide bonds. The molecule has 1 aliphatic heterocycles. The minimum absolute atomic E-state index is 0.0107. The second-order valence-electron chi connectivity index (χ2n) is 7.09. The largest absolute Gasteiger partial charge is 0.357 e. The summed E-state index contributed by atoms with van der Waals surface area (Å²) in [6.07, 6.45) is 3.24. The van der Waals surface area contributed by atoms with E-state index < -0.39 is 16.6 Å². The van der Waals surface area contributed by atoms with Crippen LogP contribution in [0.2, 0.25) is 0 Å². The van der Waals surface area contributed by atoms with Gasteiger partial charge in [-0.25, -0.2) is 13.1 Å². The quantitative estimate of drug-likeness (QED) is 0.716. The van der Waals surface area contributed by atoms with E-state index in [1.807, 2.05) is 18.2 Å². The zero-order valence-corrected chi connectivity index (χ0v) is 16.4. The molecule has 4 heterocycles. The SMILES string of the molecule is Cc1nn(C(F)F)c(C)c1S(=O)(=O)N1CCC[C@H](c2cc3ncccc3[nH]2)C1. The second-order valence-corrected chi connectivity index (χ2v) is 8.96. The van der Waals surface area contributed by atoms with E-state index in [1.54, 1.807) is 6.20 Å². The number of aromatic amines is 1. The van der Waals surface area contributed by atoms with Gasteiger partial charge in [-0.3, -0.25) is 4.98 Å². The molecule has 0 spiro atoms. The highest BCUT2D eigenvalue weighted by atomic mass is 32.2. The van der Waals surface area contributed by atoms with Crippen molar-refractivity contribution >= 4 is 21.1 Å². The van der Waals surface area contributed by atoms with Crippen molar-refractivity contribution in [2.24, 2.45) is 0 Å². The molecule has 1 N–H and O–H groups in total. The van der Waals surface area contributed by atoms with Crippen LogP contribution in [-0.4, -0.2) is 45.6 Å². The number of alkyl halides is 2. The summed E-state index contributed by atoms with van der Waals surface area (Å²) in [6, 6.07) is 5.71. The molecule has 0 radical (unpaired) electrons. The minimum Gasteiger partial charge on any atom is -0.357 e. The van der Waals surface area contributed by atoms with Crippen molar-refractivity contribution in [3.8, 4) is 0 Å². The molecular formula is C18H21F2N5O2S. The number of nitrogens with zero attached hydrogens (tertiary/aromatic N) is 4. The Balaban J connectivity index is 1.65. The van der Waals surface area contributed by atoms with Crippen LogP contribution < -0.4 is 0 Å². The molecule has 0 bridgehead atoms. The molecule has 4 rings (SSSR count). The van der Waals surface area contributed by atoms with Crippen LogP contribution >= 0.6 is 0 Å². The number of sulfonamides is 1. The Morgan fingerprint density at radius 2 is 2.11 bits per heavy atom. The van der Waals surface area contributed by atoms with Crippen LogP contribution in [-0.2, 0) is 10.0 Å². The Morgan fingerprint density at radius 1 is 1.32 bits per heavy atom. The van der Waals surface area contributed by atoms with E-state index >= 15 is 0 Å². The molecule has 28 heavy (non-hydrogen) atoms. The van der Waals surface area contributed by atoms with E-state index in [2.05, 4.69) is 15.1 Å². The molecule has 3 aromatic heterocycles. The maximum atomic E-state index is 13.2. The maximum Gasteiger partial charge on any atom is 0.333 e. The Bertz CT molecular complexity index is 1090. The molecule has 150 valence electrons. The van der Waals surface area contributed by atoms with Crippen molar-refractivity contribution in [2.45, 2.75) is 44.1 Å². The number of pyridine rings is 1. The fraction of sp³-hybridized carbons (Fsp3) is 0.444. The highest BCUT2D eigenvalue weighted by Crippen LogP contribution is 2.33. The number of rotatable bonds is 4. The van der Waals surface area contributed by atoms with Crippen molar-refractivity contribution < 1.29 is 17.2 Å². The van der Waals surface area contributed by atoms with Crippen LogP contribution in [0.1, 0.15) is 42.4 Å². The molecule has 0 unspecified atom stereocenters. The van der Waals surface area contributed by atoms with Crippen LogP contribution in [0.15, 0.2) is 29.3 Å². The fourth-order valence-corrected chi connectivity index (χ4v) is 5.84. The van der Waals surface area contributed by atoms with Gasteiger partial charge >= 0.3 is 6.55 Å². The fourth-order valence-electron chi connectivity index (χ4n) is 3.95. The van der Waals surface area contributed by atoms with Gasteiger partial charge < -0.3 is 4.98 Å². The minimum atomic E-state index is -3.92. The summed E-state index contributed by atoms with van der Waals surface area (Å²) in [5.41, 5.74) is 2.73. The van der Waals surface area contributed by atoms with E-state index in [9.17, 15) is 17.2 Å². The summed E-state index contributed by atoms with van der Waals surface area (Å²) in [5, 5.41) is 3.72. The van der Waals surface area contributed by atoms with Gasteiger partial charge in [-0.1, -0.05) is 0 Å².